The number of hydrogen-bond donors (Lipinski definition) is 2. The molecule has 0 saturated heterocycles. The standard InChI is InChI=1S/C13H19BrClNO/c1-2-10(5-6-17)8-16-9-11-3-4-13(15)12(14)7-11/h3-4,7,10,16-17H,2,5-6,8-9H2,1H3. The fraction of sp³-hybridized carbons (Fsp3) is 0.538. The van der Waals surface area contributed by atoms with Crippen LogP contribution >= 0.6 is 27.5 Å². The Morgan fingerprint density at radius 3 is 2.82 bits per heavy atom. The molecule has 0 aliphatic heterocycles. The second-order valence-corrected chi connectivity index (χ2v) is 5.43. The van der Waals surface area contributed by atoms with Gasteiger partial charge in [-0.3, -0.25) is 0 Å². The average Bonchev–Trinajstić information content (AvgIpc) is 2.32. The molecule has 1 atom stereocenters. The summed E-state index contributed by atoms with van der Waals surface area (Å²) < 4.78 is 0.931. The highest BCUT2D eigenvalue weighted by Crippen LogP contribution is 2.23. The van der Waals surface area contributed by atoms with Crippen molar-refractivity contribution in [1.82, 2.24) is 5.32 Å². The van der Waals surface area contributed by atoms with Crippen LogP contribution in [0.5, 0.6) is 0 Å². The molecule has 0 amide bonds. The summed E-state index contributed by atoms with van der Waals surface area (Å²) in [7, 11) is 0. The second kappa shape index (κ2) is 8.09. The normalized spacial score (nSPS) is 12.7. The van der Waals surface area contributed by atoms with Crippen molar-refractivity contribution >= 4 is 27.5 Å². The van der Waals surface area contributed by atoms with Gasteiger partial charge in [-0.1, -0.05) is 31.0 Å². The van der Waals surface area contributed by atoms with Crippen LogP contribution in [0.2, 0.25) is 5.02 Å². The number of aliphatic hydroxyl groups excluding tert-OH is 1. The molecule has 1 unspecified atom stereocenters. The summed E-state index contributed by atoms with van der Waals surface area (Å²) in [6.07, 6.45) is 1.96. The molecule has 0 saturated carbocycles. The van der Waals surface area contributed by atoms with Crippen LogP contribution < -0.4 is 5.32 Å². The number of benzene rings is 1. The predicted octanol–water partition coefficient (Wildman–Crippen LogP) is 3.60. The molecule has 17 heavy (non-hydrogen) atoms. The summed E-state index contributed by atoms with van der Waals surface area (Å²) >= 11 is 9.35. The Morgan fingerprint density at radius 2 is 2.24 bits per heavy atom. The Labute approximate surface area is 117 Å². The van der Waals surface area contributed by atoms with Crippen LogP contribution in [0.1, 0.15) is 25.3 Å². The number of nitrogens with one attached hydrogen (secondary N) is 1. The summed E-state index contributed by atoms with van der Waals surface area (Å²) in [5.41, 5.74) is 1.21. The van der Waals surface area contributed by atoms with E-state index in [4.69, 9.17) is 16.7 Å². The molecule has 0 spiro atoms. The van der Waals surface area contributed by atoms with E-state index in [0.29, 0.717) is 5.92 Å². The topological polar surface area (TPSA) is 32.3 Å². The quantitative estimate of drug-likeness (QED) is 0.804. The summed E-state index contributed by atoms with van der Waals surface area (Å²) in [6.45, 7) is 4.20. The molecule has 0 bridgehead atoms. The van der Waals surface area contributed by atoms with Gasteiger partial charge in [0, 0.05) is 17.6 Å². The van der Waals surface area contributed by atoms with Crippen molar-refractivity contribution < 1.29 is 5.11 Å². The Kier molecular flexibility index (Phi) is 7.12. The lowest BCUT2D eigenvalue weighted by atomic mass is 10.0. The molecule has 2 N–H and O–H groups in total. The second-order valence-electron chi connectivity index (χ2n) is 4.17. The van der Waals surface area contributed by atoms with E-state index in [1.807, 2.05) is 18.2 Å². The van der Waals surface area contributed by atoms with Gasteiger partial charge in [0.15, 0.2) is 0 Å². The minimum Gasteiger partial charge on any atom is -0.396 e. The Hall–Kier alpha value is -0.0900. The van der Waals surface area contributed by atoms with Gasteiger partial charge in [0.05, 0.1) is 5.02 Å². The van der Waals surface area contributed by atoms with E-state index in [0.717, 1.165) is 35.4 Å². The van der Waals surface area contributed by atoms with E-state index in [9.17, 15) is 0 Å². The van der Waals surface area contributed by atoms with E-state index >= 15 is 0 Å². The minimum atomic E-state index is 0.271. The zero-order valence-corrected chi connectivity index (χ0v) is 12.4. The average molecular weight is 321 g/mol. The van der Waals surface area contributed by atoms with Gasteiger partial charge in [0.25, 0.3) is 0 Å². The van der Waals surface area contributed by atoms with Gasteiger partial charge in [-0.05, 0) is 52.5 Å². The monoisotopic (exact) mass is 319 g/mol. The molecule has 0 aliphatic rings. The lowest BCUT2D eigenvalue weighted by Crippen LogP contribution is -2.22. The smallest absolute Gasteiger partial charge is 0.0548 e. The number of aliphatic hydroxyl groups is 1. The fourth-order valence-electron chi connectivity index (χ4n) is 1.70. The molecule has 4 heteroatoms. The van der Waals surface area contributed by atoms with E-state index < -0.39 is 0 Å². The van der Waals surface area contributed by atoms with Crippen molar-refractivity contribution in [3.8, 4) is 0 Å². The van der Waals surface area contributed by atoms with Crippen molar-refractivity contribution in [2.24, 2.45) is 5.92 Å². The fourth-order valence-corrected chi connectivity index (χ4v) is 2.25. The summed E-state index contributed by atoms with van der Waals surface area (Å²) in [5, 5.41) is 13.0. The highest BCUT2D eigenvalue weighted by molar-refractivity contribution is 9.10. The first-order valence-electron chi connectivity index (χ1n) is 5.92. The van der Waals surface area contributed by atoms with Crippen molar-refractivity contribution in [3.63, 3.8) is 0 Å². The van der Waals surface area contributed by atoms with E-state index in [2.05, 4.69) is 28.2 Å². The van der Waals surface area contributed by atoms with E-state index in [-0.39, 0.29) is 6.61 Å². The SMILES string of the molecule is CCC(CCO)CNCc1ccc(Cl)c(Br)c1. The van der Waals surface area contributed by atoms with E-state index in [1.165, 1.54) is 5.56 Å². The lowest BCUT2D eigenvalue weighted by Gasteiger charge is -2.14. The van der Waals surface area contributed by atoms with E-state index in [1.54, 1.807) is 0 Å². The van der Waals surface area contributed by atoms with Gasteiger partial charge < -0.3 is 10.4 Å². The molecular weight excluding hydrogens is 302 g/mol. The molecule has 1 aromatic rings. The molecule has 1 rings (SSSR count). The highest BCUT2D eigenvalue weighted by Gasteiger charge is 2.05. The maximum Gasteiger partial charge on any atom is 0.0548 e. The van der Waals surface area contributed by atoms with Crippen molar-refractivity contribution in [2.45, 2.75) is 26.3 Å². The Bertz CT molecular complexity index is 346. The van der Waals surface area contributed by atoms with Gasteiger partial charge in [0.2, 0.25) is 0 Å². The van der Waals surface area contributed by atoms with Gasteiger partial charge in [0.1, 0.15) is 0 Å². The maximum absolute atomic E-state index is 8.90. The number of rotatable bonds is 7. The molecule has 1 aromatic carbocycles. The van der Waals surface area contributed by atoms with Crippen LogP contribution in [0, 0.1) is 5.92 Å². The van der Waals surface area contributed by atoms with Gasteiger partial charge in [-0.15, -0.1) is 0 Å². The largest absolute Gasteiger partial charge is 0.396 e. The Morgan fingerprint density at radius 1 is 1.47 bits per heavy atom. The molecule has 2 nitrogen and oxygen atoms in total. The van der Waals surface area contributed by atoms with Crippen molar-refractivity contribution in [3.05, 3.63) is 33.3 Å². The molecule has 0 fully saturated rings. The molecule has 0 aliphatic carbocycles. The first-order chi connectivity index (χ1) is 8.17. The first kappa shape index (κ1) is 15.0. The zero-order chi connectivity index (χ0) is 12.7. The van der Waals surface area contributed by atoms with Gasteiger partial charge >= 0.3 is 0 Å². The highest BCUT2D eigenvalue weighted by atomic mass is 79.9. The lowest BCUT2D eigenvalue weighted by molar-refractivity contribution is 0.251. The van der Waals surface area contributed by atoms with Crippen LogP contribution in [-0.2, 0) is 6.54 Å². The molecule has 96 valence electrons. The molecule has 0 aromatic heterocycles. The van der Waals surface area contributed by atoms with Gasteiger partial charge in [-0.2, -0.15) is 0 Å². The van der Waals surface area contributed by atoms with Crippen LogP contribution in [-0.4, -0.2) is 18.3 Å². The number of hydrogen-bond acceptors (Lipinski definition) is 2. The van der Waals surface area contributed by atoms with Crippen LogP contribution in [0.25, 0.3) is 0 Å². The zero-order valence-electron chi connectivity index (χ0n) is 10.0. The summed E-state index contributed by atoms with van der Waals surface area (Å²) in [6, 6.07) is 5.95. The number of halogens is 2. The van der Waals surface area contributed by atoms with Crippen LogP contribution in [0.4, 0.5) is 0 Å². The third-order valence-electron chi connectivity index (χ3n) is 2.86. The molecule has 0 radical (unpaired) electrons. The molecule has 0 heterocycles. The summed E-state index contributed by atoms with van der Waals surface area (Å²) in [5.74, 6) is 0.552. The molecular formula is C13H19BrClNO. The van der Waals surface area contributed by atoms with Crippen LogP contribution in [0.3, 0.4) is 0 Å². The van der Waals surface area contributed by atoms with Crippen molar-refractivity contribution in [2.75, 3.05) is 13.2 Å². The predicted molar refractivity (Wildman–Crippen MR) is 76.3 cm³/mol. The third-order valence-corrected chi connectivity index (χ3v) is 4.07. The summed E-state index contributed by atoms with van der Waals surface area (Å²) in [4.78, 5) is 0. The first-order valence-corrected chi connectivity index (χ1v) is 7.10. The maximum atomic E-state index is 8.90. The van der Waals surface area contributed by atoms with Crippen molar-refractivity contribution in [1.29, 1.82) is 0 Å². The Balaban J connectivity index is 2.37. The van der Waals surface area contributed by atoms with Gasteiger partial charge in [-0.25, -0.2) is 0 Å². The van der Waals surface area contributed by atoms with Crippen LogP contribution in [0.15, 0.2) is 22.7 Å². The minimum absolute atomic E-state index is 0.271. The third kappa shape index (κ3) is 5.38.